The lowest BCUT2D eigenvalue weighted by atomic mass is 10.1. The lowest BCUT2D eigenvalue weighted by Gasteiger charge is -2.17. The number of nitrogens with one attached hydrogen (secondary N) is 1. The molecule has 1 saturated heterocycles. The number of anilines is 2. The number of phenolic OH excluding ortho intramolecular Hbond substituents is 1. The number of carboxylic acid groups (broad SMARTS) is 1. The fourth-order valence-corrected chi connectivity index (χ4v) is 2.65. The Morgan fingerprint density at radius 2 is 1.88 bits per heavy atom. The number of hydrogen-bond acceptors (Lipinski definition) is 6. The van der Waals surface area contributed by atoms with Gasteiger partial charge in [-0.25, -0.2) is 9.69 Å². The minimum Gasteiger partial charge on any atom is -0.508 e. The van der Waals surface area contributed by atoms with E-state index in [0.29, 0.717) is 5.69 Å². The molecular weight excluding hydrogens is 328 g/mol. The first-order chi connectivity index (χ1) is 11.9. The van der Waals surface area contributed by atoms with Gasteiger partial charge in [-0.3, -0.25) is 9.59 Å². The molecule has 0 bridgehead atoms. The number of phenols is 2. The summed E-state index contributed by atoms with van der Waals surface area (Å²) in [4.78, 5) is 36.8. The molecule has 3 rings (SSSR count). The molecule has 128 valence electrons. The van der Waals surface area contributed by atoms with Crippen molar-refractivity contribution in [3.63, 3.8) is 0 Å². The van der Waals surface area contributed by atoms with Gasteiger partial charge in [-0.05, 0) is 30.3 Å². The molecule has 1 fully saturated rings. The summed E-state index contributed by atoms with van der Waals surface area (Å²) in [6.45, 7) is 0. The molecule has 4 N–H and O–H groups in total. The largest absolute Gasteiger partial charge is 0.508 e. The van der Waals surface area contributed by atoms with Gasteiger partial charge >= 0.3 is 5.97 Å². The van der Waals surface area contributed by atoms with Crippen LogP contribution in [0.25, 0.3) is 0 Å². The standard InChI is InChI=1S/C17H14N2O6/c20-11-3-1-2-9(6-11)18-13-8-15(22)19(16(13)23)10-4-5-14(21)12(7-10)17(24)25/h1-7,13,18,20-21H,8H2,(H,24,25). The van der Waals surface area contributed by atoms with Crippen LogP contribution in [0.4, 0.5) is 11.4 Å². The van der Waals surface area contributed by atoms with Gasteiger partial charge in [0.15, 0.2) is 0 Å². The van der Waals surface area contributed by atoms with Crippen molar-refractivity contribution in [2.45, 2.75) is 12.5 Å². The van der Waals surface area contributed by atoms with E-state index in [4.69, 9.17) is 5.11 Å². The number of carboxylic acids is 1. The zero-order valence-electron chi connectivity index (χ0n) is 12.8. The van der Waals surface area contributed by atoms with Crippen LogP contribution in [0.5, 0.6) is 11.5 Å². The average Bonchev–Trinajstić information content (AvgIpc) is 2.82. The Morgan fingerprint density at radius 1 is 1.12 bits per heavy atom. The highest BCUT2D eigenvalue weighted by Crippen LogP contribution is 2.29. The summed E-state index contributed by atoms with van der Waals surface area (Å²) < 4.78 is 0. The van der Waals surface area contributed by atoms with Crippen molar-refractivity contribution in [2.24, 2.45) is 0 Å². The molecule has 8 heteroatoms. The lowest BCUT2D eigenvalue weighted by Crippen LogP contribution is -2.34. The minimum atomic E-state index is -1.37. The maximum Gasteiger partial charge on any atom is 0.339 e. The second-order valence-corrected chi connectivity index (χ2v) is 5.53. The molecule has 0 saturated carbocycles. The Bertz CT molecular complexity index is 879. The van der Waals surface area contributed by atoms with E-state index < -0.39 is 35.1 Å². The highest BCUT2D eigenvalue weighted by Gasteiger charge is 2.40. The van der Waals surface area contributed by atoms with Crippen LogP contribution < -0.4 is 10.2 Å². The number of amides is 2. The van der Waals surface area contributed by atoms with Gasteiger partial charge in [-0.15, -0.1) is 0 Å². The molecule has 0 radical (unpaired) electrons. The quantitative estimate of drug-likeness (QED) is 0.621. The molecule has 25 heavy (non-hydrogen) atoms. The van der Waals surface area contributed by atoms with Crippen LogP contribution >= 0.6 is 0 Å². The van der Waals surface area contributed by atoms with Crippen molar-refractivity contribution in [3.05, 3.63) is 48.0 Å². The summed E-state index contributed by atoms with van der Waals surface area (Å²) in [5, 5.41) is 30.9. The highest BCUT2D eigenvalue weighted by atomic mass is 16.4. The molecule has 0 aromatic heterocycles. The Hall–Kier alpha value is -3.55. The third-order valence-corrected chi connectivity index (χ3v) is 3.80. The summed E-state index contributed by atoms with van der Waals surface area (Å²) >= 11 is 0. The molecule has 8 nitrogen and oxygen atoms in total. The number of aromatic carboxylic acids is 1. The third-order valence-electron chi connectivity index (χ3n) is 3.80. The Kier molecular flexibility index (Phi) is 4.02. The number of rotatable bonds is 4. The lowest BCUT2D eigenvalue weighted by molar-refractivity contribution is -0.121. The van der Waals surface area contributed by atoms with Crippen molar-refractivity contribution in [3.8, 4) is 11.5 Å². The second kappa shape index (κ2) is 6.16. The number of carbonyl (C=O) groups is 3. The van der Waals surface area contributed by atoms with Gasteiger partial charge in [-0.2, -0.15) is 0 Å². The fourth-order valence-electron chi connectivity index (χ4n) is 2.65. The molecule has 1 heterocycles. The molecule has 0 spiro atoms. The van der Waals surface area contributed by atoms with Crippen LogP contribution in [0.2, 0.25) is 0 Å². The van der Waals surface area contributed by atoms with E-state index in [-0.39, 0.29) is 17.9 Å². The van der Waals surface area contributed by atoms with Gasteiger partial charge in [0.05, 0.1) is 12.1 Å². The van der Waals surface area contributed by atoms with E-state index in [2.05, 4.69) is 5.32 Å². The SMILES string of the molecule is O=C(O)c1cc(N2C(=O)CC(Nc3cccc(O)c3)C2=O)ccc1O. The molecule has 1 atom stereocenters. The van der Waals surface area contributed by atoms with Crippen LogP contribution in [0.15, 0.2) is 42.5 Å². The predicted molar refractivity (Wildman–Crippen MR) is 87.7 cm³/mol. The first kappa shape index (κ1) is 16.3. The topological polar surface area (TPSA) is 127 Å². The maximum absolute atomic E-state index is 12.5. The highest BCUT2D eigenvalue weighted by molar-refractivity contribution is 6.23. The van der Waals surface area contributed by atoms with E-state index in [1.54, 1.807) is 12.1 Å². The summed E-state index contributed by atoms with van der Waals surface area (Å²) in [5.41, 5.74) is 0.151. The Labute approximate surface area is 141 Å². The number of nitrogens with zero attached hydrogens (tertiary/aromatic N) is 1. The molecule has 2 aromatic carbocycles. The number of imide groups is 1. The summed E-state index contributed by atoms with van der Waals surface area (Å²) in [6, 6.07) is 8.79. The summed E-state index contributed by atoms with van der Waals surface area (Å²) in [6.07, 6.45) is -0.113. The normalized spacial score (nSPS) is 17.0. The van der Waals surface area contributed by atoms with Crippen LogP contribution in [-0.4, -0.2) is 39.1 Å². The molecule has 1 aliphatic heterocycles. The van der Waals surface area contributed by atoms with Crippen LogP contribution in [0.3, 0.4) is 0 Å². The van der Waals surface area contributed by atoms with Gasteiger partial charge < -0.3 is 20.6 Å². The molecule has 0 aliphatic carbocycles. The van der Waals surface area contributed by atoms with Crippen molar-refractivity contribution in [2.75, 3.05) is 10.2 Å². The molecule has 2 aromatic rings. The minimum absolute atomic E-state index is 0.0169. The number of benzene rings is 2. The van der Waals surface area contributed by atoms with E-state index in [0.717, 1.165) is 17.0 Å². The van der Waals surface area contributed by atoms with Crippen LogP contribution in [0, 0.1) is 0 Å². The van der Waals surface area contributed by atoms with Crippen molar-refractivity contribution < 1.29 is 29.7 Å². The van der Waals surface area contributed by atoms with Crippen molar-refractivity contribution in [1.29, 1.82) is 0 Å². The van der Waals surface area contributed by atoms with Gasteiger partial charge in [0.25, 0.3) is 5.91 Å². The Balaban J connectivity index is 1.87. The van der Waals surface area contributed by atoms with Gasteiger partial charge in [0, 0.05) is 11.8 Å². The Morgan fingerprint density at radius 3 is 2.56 bits per heavy atom. The first-order valence-corrected chi connectivity index (χ1v) is 7.35. The van der Waals surface area contributed by atoms with Crippen molar-refractivity contribution in [1.82, 2.24) is 0 Å². The zero-order chi connectivity index (χ0) is 18.1. The first-order valence-electron chi connectivity index (χ1n) is 7.35. The van der Waals surface area contributed by atoms with Crippen LogP contribution in [0.1, 0.15) is 16.8 Å². The maximum atomic E-state index is 12.5. The average molecular weight is 342 g/mol. The van der Waals surface area contributed by atoms with E-state index in [9.17, 15) is 24.6 Å². The monoisotopic (exact) mass is 342 g/mol. The van der Waals surface area contributed by atoms with E-state index in [1.165, 1.54) is 18.2 Å². The molecule has 2 amide bonds. The third kappa shape index (κ3) is 3.09. The van der Waals surface area contributed by atoms with Crippen LogP contribution in [-0.2, 0) is 9.59 Å². The molecule has 1 aliphatic rings. The van der Waals surface area contributed by atoms with E-state index in [1.807, 2.05) is 0 Å². The zero-order valence-corrected chi connectivity index (χ0v) is 12.8. The fraction of sp³-hybridized carbons (Fsp3) is 0.118. The van der Waals surface area contributed by atoms with Gasteiger partial charge in [0.1, 0.15) is 23.1 Å². The smallest absolute Gasteiger partial charge is 0.339 e. The van der Waals surface area contributed by atoms with Gasteiger partial charge in [0.2, 0.25) is 5.91 Å². The van der Waals surface area contributed by atoms with E-state index >= 15 is 0 Å². The number of carbonyl (C=O) groups excluding carboxylic acids is 2. The van der Waals surface area contributed by atoms with Gasteiger partial charge in [-0.1, -0.05) is 6.07 Å². The van der Waals surface area contributed by atoms with Crippen molar-refractivity contribution >= 4 is 29.2 Å². The number of aromatic hydroxyl groups is 2. The summed E-state index contributed by atoms with van der Waals surface area (Å²) in [5.74, 6) is -2.85. The molecular formula is C17H14N2O6. The number of hydrogen-bond donors (Lipinski definition) is 4. The summed E-state index contributed by atoms with van der Waals surface area (Å²) in [7, 11) is 0. The molecule has 1 unspecified atom stereocenters. The predicted octanol–water partition coefficient (Wildman–Crippen LogP) is 1.54. The second-order valence-electron chi connectivity index (χ2n) is 5.53.